The molecule has 6 rings (SSSR count). The molecule has 1 aliphatic carbocycles. The summed E-state index contributed by atoms with van der Waals surface area (Å²) in [4.78, 5) is 12.2. The van der Waals surface area contributed by atoms with Crippen LogP contribution in [0.2, 0.25) is 0 Å². The number of benzene rings is 2. The van der Waals surface area contributed by atoms with Gasteiger partial charge in [0.1, 0.15) is 5.65 Å². The number of aryl methyl sites for hydroxylation is 1. The van der Waals surface area contributed by atoms with Crippen LogP contribution in [-0.2, 0) is 32.7 Å². The van der Waals surface area contributed by atoms with Crippen molar-refractivity contribution < 1.29 is 32.7 Å². The number of hydrogen-bond acceptors (Lipinski definition) is 4. The molecular weight excluding hydrogens is 543 g/mol. The molecule has 0 spiro atoms. The van der Waals surface area contributed by atoms with Crippen molar-refractivity contribution in [1.29, 1.82) is 0 Å². The van der Waals surface area contributed by atoms with Crippen molar-refractivity contribution in [3.63, 3.8) is 0 Å². The monoisotopic (exact) mass is 577 g/mol. The minimum atomic E-state index is 0. The fourth-order valence-electron chi connectivity index (χ4n) is 6.11. The second-order valence-corrected chi connectivity index (χ2v) is 10.8. The van der Waals surface area contributed by atoms with E-state index in [1.807, 2.05) is 36.5 Å². The van der Waals surface area contributed by atoms with Gasteiger partial charge >= 0.3 is 0 Å². The summed E-state index contributed by atoms with van der Waals surface area (Å²) in [5.41, 5.74) is 14.8. The van der Waals surface area contributed by atoms with Gasteiger partial charge in [0.2, 0.25) is 0 Å². The Kier molecular flexibility index (Phi) is 7.99. The summed E-state index contributed by atoms with van der Waals surface area (Å²) >= 11 is 0. The van der Waals surface area contributed by atoms with E-state index in [1.54, 1.807) is 0 Å². The van der Waals surface area contributed by atoms with Crippen LogP contribution in [0, 0.1) is 18.9 Å². The maximum Gasteiger partial charge on any atom is 0.142 e. The van der Waals surface area contributed by atoms with Crippen LogP contribution in [0.5, 0.6) is 0 Å². The van der Waals surface area contributed by atoms with Crippen molar-refractivity contribution in [3.8, 4) is 22.4 Å². The van der Waals surface area contributed by atoms with Crippen molar-refractivity contribution in [1.82, 2.24) is 19.4 Å². The second kappa shape index (κ2) is 11.3. The van der Waals surface area contributed by atoms with Gasteiger partial charge in [0.25, 0.3) is 0 Å². The Morgan fingerprint density at radius 1 is 1.00 bits per heavy atom. The van der Waals surface area contributed by atoms with Crippen molar-refractivity contribution in [2.45, 2.75) is 38.6 Å². The first-order valence-electron chi connectivity index (χ1n) is 13.3. The molecule has 1 radical (unpaired) electrons. The molecule has 191 valence electrons. The van der Waals surface area contributed by atoms with Crippen molar-refractivity contribution in [2.75, 3.05) is 26.4 Å². The molecule has 1 aliphatic rings. The van der Waals surface area contributed by atoms with Crippen LogP contribution in [-0.4, -0.2) is 40.1 Å². The molecule has 1 fully saturated rings. The number of pyridine rings is 2. The van der Waals surface area contributed by atoms with E-state index in [9.17, 15) is 0 Å². The third-order valence-electron chi connectivity index (χ3n) is 7.97. The Labute approximate surface area is 250 Å². The van der Waals surface area contributed by atoms with E-state index in [4.69, 9.17) is 15.7 Å². The average Bonchev–Trinajstić information content (AvgIpc) is 3.30. The van der Waals surface area contributed by atoms with E-state index >= 15 is 0 Å². The normalized spacial score (nSPS) is 17.7. The Morgan fingerprint density at radius 2 is 1.76 bits per heavy atom. The number of hydrogen-bond donors (Lipinski definition) is 1. The zero-order valence-corrected chi connectivity index (χ0v) is 25.3. The SMILES string of the molecule is Cc1c(-c2cn(C3CCC(CN(C)C)CC3)c3nccc(N)c23)ccc2[c-]cc(-c3ccccc3)nc12.[Y]. The molecule has 0 unspecified atom stereocenters. The van der Waals surface area contributed by atoms with Gasteiger partial charge in [-0.05, 0) is 81.0 Å². The molecule has 0 saturated heterocycles. The molecule has 6 heteroatoms. The van der Waals surface area contributed by atoms with Crippen molar-refractivity contribution >= 4 is 27.6 Å². The summed E-state index contributed by atoms with van der Waals surface area (Å²) < 4.78 is 2.40. The van der Waals surface area contributed by atoms with Crippen LogP contribution < -0.4 is 5.73 Å². The van der Waals surface area contributed by atoms with Gasteiger partial charge < -0.3 is 20.2 Å². The first-order valence-corrected chi connectivity index (χ1v) is 13.3. The first-order chi connectivity index (χ1) is 18.0. The average molecular weight is 578 g/mol. The minimum absolute atomic E-state index is 0. The molecule has 38 heavy (non-hydrogen) atoms. The summed E-state index contributed by atoms with van der Waals surface area (Å²) in [5.74, 6) is 0.773. The number of rotatable bonds is 5. The molecular formula is C32H34N5Y-. The molecule has 0 bridgehead atoms. The van der Waals surface area contributed by atoms with Gasteiger partial charge in [0.05, 0.1) is 0 Å². The van der Waals surface area contributed by atoms with Crippen LogP contribution >= 0.6 is 0 Å². The smallest absolute Gasteiger partial charge is 0.142 e. The number of fused-ring (bicyclic) bond motifs is 2. The molecule has 0 amide bonds. The molecule has 3 aromatic heterocycles. The van der Waals surface area contributed by atoms with Crippen molar-refractivity contribution in [3.05, 3.63) is 78.6 Å². The molecule has 1 saturated carbocycles. The Hall–Kier alpha value is -2.60. The predicted octanol–water partition coefficient (Wildman–Crippen LogP) is 6.90. The molecule has 0 aliphatic heterocycles. The van der Waals surface area contributed by atoms with E-state index < -0.39 is 0 Å². The maximum atomic E-state index is 6.60. The van der Waals surface area contributed by atoms with E-state index in [2.05, 4.69) is 67.0 Å². The zero-order valence-electron chi connectivity index (χ0n) is 22.5. The second-order valence-electron chi connectivity index (χ2n) is 10.8. The van der Waals surface area contributed by atoms with Gasteiger partial charge in [-0.3, -0.25) is 0 Å². The zero-order chi connectivity index (χ0) is 25.5. The van der Waals surface area contributed by atoms with Crippen LogP contribution in [0.25, 0.3) is 44.3 Å². The Morgan fingerprint density at radius 3 is 2.50 bits per heavy atom. The van der Waals surface area contributed by atoms with Gasteiger partial charge in [-0.1, -0.05) is 42.0 Å². The minimum Gasteiger partial charge on any atom is -0.398 e. The third-order valence-corrected chi connectivity index (χ3v) is 7.97. The maximum absolute atomic E-state index is 6.60. The number of aromatic nitrogens is 3. The summed E-state index contributed by atoms with van der Waals surface area (Å²) in [6.45, 7) is 3.33. The summed E-state index contributed by atoms with van der Waals surface area (Å²) in [6.07, 6.45) is 8.97. The van der Waals surface area contributed by atoms with Gasteiger partial charge in [0.15, 0.2) is 0 Å². The topological polar surface area (TPSA) is 60.0 Å². The van der Waals surface area contributed by atoms with Gasteiger partial charge in [-0.25, -0.2) is 4.98 Å². The predicted molar refractivity (Wildman–Crippen MR) is 153 cm³/mol. The molecule has 2 N–H and O–H groups in total. The Balaban J connectivity index is 0.00000294. The van der Waals surface area contributed by atoms with Gasteiger partial charge in [0, 0.05) is 74.3 Å². The molecule has 0 atom stereocenters. The van der Waals surface area contributed by atoms with Gasteiger partial charge in [-0.15, -0.1) is 23.6 Å². The summed E-state index contributed by atoms with van der Waals surface area (Å²) in [7, 11) is 4.34. The summed E-state index contributed by atoms with van der Waals surface area (Å²) in [6, 6.07) is 22.4. The fraction of sp³-hybridized carbons (Fsp3) is 0.312. The van der Waals surface area contributed by atoms with Crippen LogP contribution in [0.3, 0.4) is 0 Å². The molecule has 2 aromatic carbocycles. The van der Waals surface area contributed by atoms with Crippen LogP contribution in [0.4, 0.5) is 5.69 Å². The van der Waals surface area contributed by atoms with E-state index in [-0.39, 0.29) is 32.7 Å². The number of nitrogens with two attached hydrogens (primary N) is 1. The number of nitrogens with zero attached hydrogens (tertiary/aromatic N) is 4. The first kappa shape index (κ1) is 27.0. The third kappa shape index (κ3) is 5.04. The van der Waals surface area contributed by atoms with Crippen LogP contribution in [0.1, 0.15) is 37.3 Å². The van der Waals surface area contributed by atoms with Crippen molar-refractivity contribution in [2.24, 2.45) is 5.92 Å². The van der Waals surface area contributed by atoms with E-state index in [1.165, 1.54) is 32.2 Å². The largest absolute Gasteiger partial charge is 0.398 e. The number of nitrogen functional groups attached to an aromatic ring is 1. The Bertz CT molecular complexity index is 1570. The molecule has 3 heterocycles. The molecule has 5 aromatic rings. The van der Waals surface area contributed by atoms with E-state index in [0.717, 1.165) is 61.5 Å². The van der Waals surface area contributed by atoms with Gasteiger partial charge in [-0.2, -0.15) is 0 Å². The van der Waals surface area contributed by atoms with E-state index in [0.29, 0.717) is 6.04 Å². The summed E-state index contributed by atoms with van der Waals surface area (Å²) in [5, 5.41) is 2.07. The van der Waals surface area contributed by atoms with Crippen LogP contribution in [0.15, 0.2) is 67.0 Å². The quantitative estimate of drug-likeness (QED) is 0.231. The molecule has 5 nitrogen and oxygen atoms in total. The standard InChI is InChI=1S/C32H34N5.Y/c1-21-26(15-11-24-12-16-29(35-31(21)24)23-7-5-4-6-8-23)27-20-37(32-30(27)28(33)17-18-34-32)25-13-9-22(10-14-25)19-36(2)3;/h4-8,11,15-18,20,22,25H,9-10,13-14,19H2,1-3H3,(H2,33,34);/q-1;. The fourth-order valence-corrected chi connectivity index (χ4v) is 6.11. The number of anilines is 1.